The van der Waals surface area contributed by atoms with E-state index in [1.807, 2.05) is 18.2 Å². The van der Waals surface area contributed by atoms with Crippen molar-refractivity contribution in [1.82, 2.24) is 10.6 Å². The van der Waals surface area contributed by atoms with E-state index in [0.29, 0.717) is 5.02 Å². The van der Waals surface area contributed by atoms with E-state index in [0.717, 1.165) is 24.8 Å². The molecule has 2 rings (SSSR count). The van der Waals surface area contributed by atoms with Crippen LogP contribution in [0.3, 0.4) is 0 Å². The van der Waals surface area contributed by atoms with Gasteiger partial charge in [0.2, 0.25) is 11.8 Å². The number of hydrogen-bond acceptors (Lipinski definition) is 2. The number of carbonyl (C=O) groups excluding carboxylic acids is 2. The van der Waals surface area contributed by atoms with Crippen LogP contribution in [-0.2, 0) is 15.0 Å². The molecule has 0 aromatic heterocycles. The third kappa shape index (κ3) is 2.73. The number of carbonyl (C=O) groups is 2. The second kappa shape index (κ2) is 5.61. The van der Waals surface area contributed by atoms with Crippen LogP contribution in [-0.4, -0.2) is 25.4 Å². The number of amides is 2. The number of likely N-dealkylation sites (N-methyl/N-ethyl adjacent to an activating group) is 1. The first-order valence-corrected chi connectivity index (χ1v) is 6.71. The second-order valence-electron chi connectivity index (χ2n) is 4.80. The first-order chi connectivity index (χ1) is 9.08. The molecule has 1 aromatic carbocycles. The summed E-state index contributed by atoms with van der Waals surface area (Å²) in [5, 5.41) is 5.81. The summed E-state index contributed by atoms with van der Waals surface area (Å²) in [5.41, 5.74) is 0.416. The Hall–Kier alpha value is -1.55. The van der Waals surface area contributed by atoms with Crippen molar-refractivity contribution in [2.45, 2.75) is 24.7 Å². The summed E-state index contributed by atoms with van der Waals surface area (Å²) >= 11 is 5.99. The maximum Gasteiger partial charge on any atom is 0.239 e. The molecule has 2 N–H and O–H groups in total. The van der Waals surface area contributed by atoms with Crippen molar-refractivity contribution in [2.24, 2.45) is 0 Å². The van der Waals surface area contributed by atoms with Crippen molar-refractivity contribution >= 4 is 23.4 Å². The van der Waals surface area contributed by atoms with E-state index in [1.54, 1.807) is 13.1 Å². The van der Waals surface area contributed by atoms with Gasteiger partial charge in [0.05, 0.1) is 12.0 Å². The molecule has 1 aromatic rings. The fraction of sp³-hybridized carbons (Fsp3) is 0.429. The van der Waals surface area contributed by atoms with Gasteiger partial charge in [-0.2, -0.15) is 0 Å². The Balaban J connectivity index is 2.14. The highest BCUT2D eigenvalue weighted by atomic mass is 35.5. The van der Waals surface area contributed by atoms with Gasteiger partial charge in [-0.1, -0.05) is 30.2 Å². The Labute approximate surface area is 117 Å². The third-order valence-corrected chi connectivity index (χ3v) is 3.94. The standard InChI is InChI=1S/C14H17ClN2O2/c1-16-12(18)9-17-13(19)14(6-3-7-14)10-4-2-5-11(15)8-10/h2,4-5,8H,3,6-7,9H2,1H3,(H,16,18)(H,17,19). The van der Waals surface area contributed by atoms with Crippen LogP contribution in [0, 0.1) is 0 Å². The Morgan fingerprint density at radius 2 is 2.11 bits per heavy atom. The van der Waals surface area contributed by atoms with Crippen LogP contribution in [0.4, 0.5) is 0 Å². The zero-order valence-corrected chi connectivity index (χ0v) is 11.6. The molecule has 0 aliphatic heterocycles. The van der Waals surface area contributed by atoms with Gasteiger partial charge in [0, 0.05) is 12.1 Å². The lowest BCUT2D eigenvalue weighted by molar-refractivity contribution is -0.132. The van der Waals surface area contributed by atoms with Crippen LogP contribution < -0.4 is 10.6 Å². The van der Waals surface area contributed by atoms with Crippen molar-refractivity contribution < 1.29 is 9.59 Å². The molecule has 1 saturated carbocycles. The summed E-state index contributed by atoms with van der Waals surface area (Å²) in [4.78, 5) is 23.5. The van der Waals surface area contributed by atoms with Crippen molar-refractivity contribution in [2.75, 3.05) is 13.6 Å². The first-order valence-electron chi connectivity index (χ1n) is 6.33. The molecule has 1 aliphatic carbocycles. The smallest absolute Gasteiger partial charge is 0.239 e. The zero-order chi connectivity index (χ0) is 13.9. The normalized spacial score (nSPS) is 16.3. The van der Waals surface area contributed by atoms with E-state index in [9.17, 15) is 9.59 Å². The van der Waals surface area contributed by atoms with Crippen LogP contribution in [0.25, 0.3) is 0 Å². The van der Waals surface area contributed by atoms with Crippen LogP contribution >= 0.6 is 11.6 Å². The topological polar surface area (TPSA) is 58.2 Å². The average Bonchev–Trinajstić information content (AvgIpc) is 2.34. The van der Waals surface area contributed by atoms with Crippen molar-refractivity contribution in [1.29, 1.82) is 0 Å². The van der Waals surface area contributed by atoms with Gasteiger partial charge in [0.25, 0.3) is 0 Å². The molecule has 0 spiro atoms. The summed E-state index contributed by atoms with van der Waals surface area (Å²) in [5.74, 6) is -0.293. The van der Waals surface area contributed by atoms with Gasteiger partial charge in [-0.3, -0.25) is 9.59 Å². The molecule has 0 bridgehead atoms. The first kappa shape index (κ1) is 13.9. The van der Waals surface area contributed by atoms with E-state index in [1.165, 1.54) is 0 Å². The van der Waals surface area contributed by atoms with Crippen LogP contribution in [0.1, 0.15) is 24.8 Å². The Morgan fingerprint density at radius 3 is 2.63 bits per heavy atom. The fourth-order valence-electron chi connectivity index (χ4n) is 2.38. The van der Waals surface area contributed by atoms with E-state index < -0.39 is 5.41 Å². The number of hydrogen-bond donors (Lipinski definition) is 2. The highest BCUT2D eigenvalue weighted by molar-refractivity contribution is 6.30. The summed E-state index contributed by atoms with van der Waals surface area (Å²) in [7, 11) is 1.55. The third-order valence-electron chi connectivity index (χ3n) is 3.71. The molecule has 1 aliphatic rings. The molecule has 19 heavy (non-hydrogen) atoms. The highest BCUT2D eigenvalue weighted by Gasteiger charge is 2.45. The highest BCUT2D eigenvalue weighted by Crippen LogP contribution is 2.44. The molecule has 0 atom stereocenters. The van der Waals surface area contributed by atoms with E-state index in [2.05, 4.69) is 10.6 Å². The van der Waals surface area contributed by atoms with Crippen LogP contribution in [0.15, 0.2) is 24.3 Å². The average molecular weight is 281 g/mol. The molecule has 4 nitrogen and oxygen atoms in total. The molecule has 5 heteroatoms. The van der Waals surface area contributed by atoms with Crippen molar-refractivity contribution in [3.8, 4) is 0 Å². The second-order valence-corrected chi connectivity index (χ2v) is 5.24. The van der Waals surface area contributed by atoms with Gasteiger partial charge in [-0.25, -0.2) is 0 Å². The maximum absolute atomic E-state index is 12.3. The summed E-state index contributed by atoms with van der Waals surface area (Å²) in [6.07, 6.45) is 2.61. The molecule has 102 valence electrons. The largest absolute Gasteiger partial charge is 0.358 e. The minimum Gasteiger partial charge on any atom is -0.358 e. The maximum atomic E-state index is 12.3. The van der Waals surface area contributed by atoms with Gasteiger partial charge >= 0.3 is 0 Å². The molecule has 0 saturated heterocycles. The van der Waals surface area contributed by atoms with Crippen molar-refractivity contribution in [3.05, 3.63) is 34.9 Å². The predicted molar refractivity (Wildman–Crippen MR) is 74.1 cm³/mol. The van der Waals surface area contributed by atoms with Crippen LogP contribution in [0.5, 0.6) is 0 Å². The molecule has 1 fully saturated rings. The Kier molecular flexibility index (Phi) is 4.10. The lowest BCUT2D eigenvalue weighted by Gasteiger charge is -2.40. The summed E-state index contributed by atoms with van der Waals surface area (Å²) in [6, 6.07) is 7.40. The monoisotopic (exact) mass is 280 g/mol. The summed E-state index contributed by atoms with van der Waals surface area (Å²) < 4.78 is 0. The van der Waals surface area contributed by atoms with E-state index >= 15 is 0 Å². The number of halogens is 1. The van der Waals surface area contributed by atoms with Gasteiger partial charge in [-0.15, -0.1) is 0 Å². The Morgan fingerprint density at radius 1 is 1.37 bits per heavy atom. The summed E-state index contributed by atoms with van der Waals surface area (Å²) in [6.45, 7) is 0.0116. The van der Waals surface area contributed by atoms with Crippen LogP contribution in [0.2, 0.25) is 5.02 Å². The molecule has 0 radical (unpaired) electrons. The minimum absolute atomic E-state index is 0.0116. The number of rotatable bonds is 4. The zero-order valence-electron chi connectivity index (χ0n) is 10.8. The lowest BCUT2D eigenvalue weighted by Crippen LogP contribution is -2.51. The van der Waals surface area contributed by atoms with E-state index in [-0.39, 0.29) is 18.4 Å². The quantitative estimate of drug-likeness (QED) is 0.881. The fourth-order valence-corrected chi connectivity index (χ4v) is 2.57. The van der Waals surface area contributed by atoms with Gasteiger partial charge in [-0.05, 0) is 30.5 Å². The molecule has 2 amide bonds. The number of benzene rings is 1. The lowest BCUT2D eigenvalue weighted by atomic mass is 9.64. The molecule has 0 heterocycles. The molecule has 0 unspecified atom stereocenters. The molecular formula is C14H17ClN2O2. The van der Waals surface area contributed by atoms with Gasteiger partial charge in [0.1, 0.15) is 0 Å². The van der Waals surface area contributed by atoms with Gasteiger partial charge in [0.15, 0.2) is 0 Å². The minimum atomic E-state index is -0.515. The van der Waals surface area contributed by atoms with Gasteiger partial charge < -0.3 is 10.6 Å². The SMILES string of the molecule is CNC(=O)CNC(=O)C1(c2cccc(Cl)c2)CCC1. The molecular weight excluding hydrogens is 264 g/mol. The number of nitrogens with one attached hydrogen (secondary N) is 2. The predicted octanol–water partition coefficient (Wildman–Crippen LogP) is 1.62. The van der Waals surface area contributed by atoms with Crippen molar-refractivity contribution in [3.63, 3.8) is 0 Å². The van der Waals surface area contributed by atoms with E-state index in [4.69, 9.17) is 11.6 Å². The Bertz CT molecular complexity index is 498.